The Labute approximate surface area is 79.9 Å². The van der Waals surface area contributed by atoms with Gasteiger partial charge in [0.2, 0.25) is 0 Å². The fourth-order valence-electron chi connectivity index (χ4n) is 1.61. The van der Waals surface area contributed by atoms with E-state index in [2.05, 4.69) is 35.4 Å². The molecule has 0 atom stereocenters. The third kappa shape index (κ3) is 2.88. The fraction of sp³-hybridized carbons (Fsp3) is 0.636. The van der Waals surface area contributed by atoms with Crippen LogP contribution in [0.2, 0.25) is 0 Å². The maximum atomic E-state index is 3.47. The van der Waals surface area contributed by atoms with E-state index in [0.29, 0.717) is 0 Å². The van der Waals surface area contributed by atoms with Gasteiger partial charge in [0.15, 0.2) is 0 Å². The topological polar surface area (TPSA) is 17.0 Å². The van der Waals surface area contributed by atoms with Crippen LogP contribution in [0.1, 0.15) is 24.8 Å². The summed E-state index contributed by atoms with van der Waals surface area (Å²) in [5, 5.41) is 3.47. The molecule has 0 bridgehead atoms. The Morgan fingerprint density at radius 3 is 3.00 bits per heavy atom. The first-order chi connectivity index (χ1) is 6.34. The van der Waals surface area contributed by atoms with Crippen LogP contribution in [-0.2, 0) is 13.6 Å². The van der Waals surface area contributed by atoms with Gasteiger partial charge in [-0.05, 0) is 30.5 Å². The van der Waals surface area contributed by atoms with Gasteiger partial charge in [-0.15, -0.1) is 0 Å². The van der Waals surface area contributed by atoms with Crippen molar-refractivity contribution >= 4 is 0 Å². The minimum atomic E-state index is 1.02. The van der Waals surface area contributed by atoms with Crippen molar-refractivity contribution in [2.45, 2.75) is 25.8 Å². The minimum absolute atomic E-state index is 1.02. The lowest BCUT2D eigenvalue weighted by molar-refractivity contribution is 0.612. The van der Waals surface area contributed by atoms with E-state index in [1.54, 1.807) is 0 Å². The van der Waals surface area contributed by atoms with Crippen LogP contribution >= 0.6 is 0 Å². The largest absolute Gasteiger partial charge is 0.357 e. The van der Waals surface area contributed by atoms with Gasteiger partial charge >= 0.3 is 0 Å². The number of nitrogens with one attached hydrogen (secondary N) is 1. The Morgan fingerprint density at radius 1 is 1.54 bits per heavy atom. The SMILES string of the molecule is Cn1ccc(CNCCC2CC2)c1. The van der Waals surface area contributed by atoms with Crippen LogP contribution in [0, 0.1) is 5.92 Å². The minimum Gasteiger partial charge on any atom is -0.357 e. The van der Waals surface area contributed by atoms with Crippen molar-refractivity contribution in [2.75, 3.05) is 6.54 Å². The average molecular weight is 178 g/mol. The molecule has 13 heavy (non-hydrogen) atoms. The molecule has 0 spiro atoms. The summed E-state index contributed by atoms with van der Waals surface area (Å²) in [7, 11) is 2.06. The first-order valence-corrected chi connectivity index (χ1v) is 5.16. The second kappa shape index (κ2) is 3.97. The second-order valence-electron chi connectivity index (χ2n) is 4.09. The quantitative estimate of drug-likeness (QED) is 0.682. The van der Waals surface area contributed by atoms with Gasteiger partial charge < -0.3 is 9.88 Å². The van der Waals surface area contributed by atoms with E-state index < -0.39 is 0 Å². The second-order valence-corrected chi connectivity index (χ2v) is 4.09. The number of hydrogen-bond acceptors (Lipinski definition) is 1. The Bertz CT molecular complexity index is 261. The van der Waals surface area contributed by atoms with Crippen LogP contribution in [-0.4, -0.2) is 11.1 Å². The molecule has 0 amide bonds. The van der Waals surface area contributed by atoms with Crippen molar-refractivity contribution in [3.8, 4) is 0 Å². The first-order valence-electron chi connectivity index (χ1n) is 5.16. The summed E-state index contributed by atoms with van der Waals surface area (Å²) >= 11 is 0. The molecule has 1 aliphatic carbocycles. The smallest absolute Gasteiger partial charge is 0.0220 e. The lowest BCUT2D eigenvalue weighted by atomic mass is 10.3. The van der Waals surface area contributed by atoms with E-state index in [1.807, 2.05) is 0 Å². The van der Waals surface area contributed by atoms with E-state index >= 15 is 0 Å². The van der Waals surface area contributed by atoms with Crippen molar-refractivity contribution in [3.05, 3.63) is 24.0 Å². The van der Waals surface area contributed by atoms with Crippen LogP contribution in [0.4, 0.5) is 0 Å². The van der Waals surface area contributed by atoms with Crippen molar-refractivity contribution < 1.29 is 0 Å². The number of hydrogen-bond donors (Lipinski definition) is 1. The van der Waals surface area contributed by atoms with E-state index in [4.69, 9.17) is 0 Å². The summed E-state index contributed by atoms with van der Waals surface area (Å²) < 4.78 is 2.10. The monoisotopic (exact) mass is 178 g/mol. The van der Waals surface area contributed by atoms with Gasteiger partial charge in [-0.25, -0.2) is 0 Å². The van der Waals surface area contributed by atoms with Crippen molar-refractivity contribution in [3.63, 3.8) is 0 Å². The predicted molar refractivity (Wildman–Crippen MR) is 54.5 cm³/mol. The van der Waals surface area contributed by atoms with Gasteiger partial charge in [-0.2, -0.15) is 0 Å². The highest BCUT2D eigenvalue weighted by Crippen LogP contribution is 2.31. The Balaban J connectivity index is 1.61. The molecular formula is C11H18N2. The van der Waals surface area contributed by atoms with Crippen molar-refractivity contribution in [1.82, 2.24) is 9.88 Å². The molecular weight excluding hydrogens is 160 g/mol. The summed E-state index contributed by atoms with van der Waals surface area (Å²) in [6, 6.07) is 2.17. The Hall–Kier alpha value is -0.760. The molecule has 0 unspecified atom stereocenters. The molecule has 0 radical (unpaired) electrons. The van der Waals surface area contributed by atoms with E-state index in [-0.39, 0.29) is 0 Å². The molecule has 2 nitrogen and oxygen atoms in total. The van der Waals surface area contributed by atoms with Gasteiger partial charge in [0, 0.05) is 26.0 Å². The van der Waals surface area contributed by atoms with Crippen LogP contribution in [0.5, 0.6) is 0 Å². The number of nitrogens with zero attached hydrogens (tertiary/aromatic N) is 1. The maximum Gasteiger partial charge on any atom is 0.0220 e. The third-order valence-corrected chi connectivity index (χ3v) is 2.65. The molecule has 1 N–H and O–H groups in total. The summed E-state index contributed by atoms with van der Waals surface area (Å²) in [5.41, 5.74) is 1.39. The molecule has 2 rings (SSSR count). The van der Waals surface area contributed by atoms with Crippen LogP contribution in [0.15, 0.2) is 18.5 Å². The van der Waals surface area contributed by atoms with Crippen molar-refractivity contribution in [1.29, 1.82) is 0 Å². The zero-order chi connectivity index (χ0) is 9.10. The molecule has 1 aromatic rings. The zero-order valence-electron chi connectivity index (χ0n) is 8.29. The van der Waals surface area contributed by atoms with Crippen molar-refractivity contribution in [2.24, 2.45) is 13.0 Å². The summed E-state index contributed by atoms with van der Waals surface area (Å²) in [5.74, 6) is 1.04. The molecule has 1 saturated carbocycles. The molecule has 0 aliphatic heterocycles. The highest BCUT2D eigenvalue weighted by molar-refractivity contribution is 5.09. The maximum absolute atomic E-state index is 3.47. The summed E-state index contributed by atoms with van der Waals surface area (Å²) in [6.45, 7) is 2.20. The third-order valence-electron chi connectivity index (χ3n) is 2.65. The van der Waals surface area contributed by atoms with E-state index in [1.165, 1.54) is 31.4 Å². The molecule has 1 aliphatic rings. The highest BCUT2D eigenvalue weighted by Gasteiger charge is 2.19. The predicted octanol–water partition coefficient (Wildman–Crippen LogP) is 1.91. The Kier molecular flexibility index (Phi) is 2.69. The standard InChI is InChI=1S/C11H18N2/c1-13-7-5-11(9-13)8-12-6-4-10-2-3-10/h5,7,9-10,12H,2-4,6,8H2,1H3. The van der Waals surface area contributed by atoms with Crippen LogP contribution in [0.3, 0.4) is 0 Å². The lowest BCUT2D eigenvalue weighted by Crippen LogP contribution is -2.14. The average Bonchev–Trinajstić information content (AvgIpc) is 2.84. The fourth-order valence-corrected chi connectivity index (χ4v) is 1.61. The molecule has 1 heterocycles. The number of aryl methyl sites for hydroxylation is 1. The normalized spacial score (nSPS) is 16.4. The summed E-state index contributed by atoms with van der Waals surface area (Å²) in [6.07, 6.45) is 8.56. The van der Waals surface area contributed by atoms with E-state index in [0.717, 1.165) is 12.5 Å². The highest BCUT2D eigenvalue weighted by atomic mass is 14.9. The van der Waals surface area contributed by atoms with Gasteiger partial charge in [0.25, 0.3) is 0 Å². The molecule has 0 aromatic carbocycles. The van der Waals surface area contributed by atoms with E-state index in [9.17, 15) is 0 Å². The number of aromatic nitrogens is 1. The van der Waals surface area contributed by atoms with Gasteiger partial charge in [0.05, 0.1) is 0 Å². The summed E-state index contributed by atoms with van der Waals surface area (Å²) in [4.78, 5) is 0. The first kappa shape index (κ1) is 8.82. The molecule has 2 heteroatoms. The molecule has 72 valence electrons. The van der Waals surface area contributed by atoms with Gasteiger partial charge in [0.1, 0.15) is 0 Å². The number of rotatable bonds is 5. The van der Waals surface area contributed by atoms with Gasteiger partial charge in [-0.3, -0.25) is 0 Å². The van der Waals surface area contributed by atoms with Gasteiger partial charge in [-0.1, -0.05) is 12.8 Å². The van der Waals surface area contributed by atoms with Crippen LogP contribution in [0.25, 0.3) is 0 Å². The molecule has 0 saturated heterocycles. The zero-order valence-corrected chi connectivity index (χ0v) is 8.29. The molecule has 1 fully saturated rings. The lowest BCUT2D eigenvalue weighted by Gasteiger charge is -2.01. The van der Waals surface area contributed by atoms with Crippen LogP contribution < -0.4 is 5.32 Å². The Morgan fingerprint density at radius 2 is 2.38 bits per heavy atom. The molecule has 1 aromatic heterocycles.